The summed E-state index contributed by atoms with van der Waals surface area (Å²) in [7, 11) is 0. The van der Waals surface area contributed by atoms with Crippen molar-refractivity contribution in [3.63, 3.8) is 0 Å². The van der Waals surface area contributed by atoms with Crippen LogP contribution in [0.5, 0.6) is 0 Å². The lowest BCUT2D eigenvalue weighted by Gasteiger charge is -2.36. The van der Waals surface area contributed by atoms with Crippen molar-refractivity contribution in [2.24, 2.45) is 0 Å². The van der Waals surface area contributed by atoms with Gasteiger partial charge in [-0.2, -0.15) is 0 Å². The molecule has 0 aromatic rings. The smallest absolute Gasteiger partial charge is 0.145 e. The lowest BCUT2D eigenvalue weighted by molar-refractivity contribution is -0.406. The van der Waals surface area contributed by atoms with E-state index in [1.165, 1.54) is 0 Å². The molecular weight excluding hydrogens is 240 g/mol. The van der Waals surface area contributed by atoms with Gasteiger partial charge in [0.25, 0.3) is 0 Å². The van der Waals surface area contributed by atoms with E-state index in [2.05, 4.69) is 0 Å². The van der Waals surface area contributed by atoms with Gasteiger partial charge in [-0.3, -0.25) is 0 Å². The lowest BCUT2D eigenvalue weighted by atomic mass is 10.0. The van der Waals surface area contributed by atoms with E-state index in [9.17, 15) is 10.2 Å². The van der Waals surface area contributed by atoms with E-state index in [-0.39, 0.29) is 12.2 Å². The lowest BCUT2D eigenvalue weighted by Crippen LogP contribution is -2.49. The molecule has 18 heavy (non-hydrogen) atoms. The highest BCUT2D eigenvalue weighted by Gasteiger charge is 2.36. The van der Waals surface area contributed by atoms with Crippen molar-refractivity contribution >= 4 is 0 Å². The zero-order valence-electron chi connectivity index (χ0n) is 10.8. The number of rotatable bonds is 3. The van der Waals surface area contributed by atoms with Crippen molar-refractivity contribution < 1.29 is 29.5 Å². The van der Waals surface area contributed by atoms with Gasteiger partial charge in [0.05, 0.1) is 24.4 Å². The van der Waals surface area contributed by atoms with Crippen molar-refractivity contribution in [1.82, 2.24) is 0 Å². The molecule has 0 amide bonds. The Labute approximate surface area is 107 Å². The summed E-state index contributed by atoms with van der Waals surface area (Å²) in [6.07, 6.45) is -1.68. The van der Waals surface area contributed by atoms with Gasteiger partial charge in [0.2, 0.25) is 0 Å². The Morgan fingerprint density at radius 1 is 0.833 bits per heavy atom. The van der Waals surface area contributed by atoms with E-state index in [0.29, 0.717) is 26.1 Å². The second-order valence-electron chi connectivity index (χ2n) is 4.99. The maximum Gasteiger partial charge on any atom is 0.145 e. The van der Waals surface area contributed by atoms with Crippen LogP contribution in [0.3, 0.4) is 0 Å². The van der Waals surface area contributed by atoms with Gasteiger partial charge in [-0.25, -0.2) is 9.78 Å². The molecule has 6 atom stereocenters. The first-order valence-corrected chi connectivity index (χ1v) is 6.51. The largest absolute Gasteiger partial charge is 0.390 e. The van der Waals surface area contributed by atoms with Crippen molar-refractivity contribution in [2.45, 2.75) is 63.3 Å². The normalized spacial score (nSPS) is 46.0. The molecule has 2 aliphatic rings. The van der Waals surface area contributed by atoms with Crippen molar-refractivity contribution in [3.05, 3.63) is 0 Å². The molecule has 0 aromatic carbocycles. The molecule has 6 nitrogen and oxygen atoms in total. The second kappa shape index (κ2) is 6.27. The average Bonchev–Trinajstić information content (AvgIpc) is 2.31. The molecule has 6 heteroatoms. The zero-order valence-corrected chi connectivity index (χ0v) is 10.8. The van der Waals surface area contributed by atoms with Crippen LogP contribution >= 0.6 is 0 Å². The van der Waals surface area contributed by atoms with E-state index in [1.54, 1.807) is 0 Å². The van der Waals surface area contributed by atoms with Crippen LogP contribution in [-0.4, -0.2) is 60.1 Å². The number of aliphatic hydroxyl groups excluding tert-OH is 2. The highest BCUT2D eigenvalue weighted by Crippen LogP contribution is 2.22. The average molecular weight is 262 g/mol. The molecule has 0 aliphatic carbocycles. The third-order valence-electron chi connectivity index (χ3n) is 3.55. The summed E-state index contributed by atoms with van der Waals surface area (Å²) in [5.74, 6) is 0. The Morgan fingerprint density at radius 2 is 1.22 bits per heavy atom. The van der Waals surface area contributed by atoms with E-state index >= 15 is 0 Å². The molecule has 0 bridgehead atoms. The van der Waals surface area contributed by atoms with Crippen molar-refractivity contribution in [1.29, 1.82) is 0 Å². The molecule has 2 N–H and O–H groups in total. The van der Waals surface area contributed by atoms with Crippen LogP contribution in [0.15, 0.2) is 0 Å². The predicted molar refractivity (Wildman–Crippen MR) is 61.8 cm³/mol. The summed E-state index contributed by atoms with van der Waals surface area (Å²) in [5, 5.41) is 19.6. The van der Waals surface area contributed by atoms with Crippen LogP contribution in [0.4, 0.5) is 0 Å². The SMILES string of the molecule is CC1OCC[C@@H](O)C1OOC1C(C)OCC[C@H]1O. The van der Waals surface area contributed by atoms with E-state index in [1.807, 2.05) is 13.8 Å². The molecule has 2 fully saturated rings. The van der Waals surface area contributed by atoms with Crippen LogP contribution in [0.2, 0.25) is 0 Å². The Morgan fingerprint density at radius 3 is 1.56 bits per heavy atom. The van der Waals surface area contributed by atoms with Gasteiger partial charge in [0.15, 0.2) is 0 Å². The van der Waals surface area contributed by atoms with Gasteiger partial charge in [0.1, 0.15) is 12.2 Å². The predicted octanol–water partition coefficient (Wildman–Crippen LogP) is 0.0112. The minimum atomic E-state index is -0.606. The monoisotopic (exact) mass is 262 g/mol. The topological polar surface area (TPSA) is 77.4 Å². The van der Waals surface area contributed by atoms with E-state index in [0.717, 1.165) is 0 Å². The molecule has 0 saturated carbocycles. The number of hydrogen-bond donors (Lipinski definition) is 2. The zero-order chi connectivity index (χ0) is 13.1. The molecule has 2 aliphatic heterocycles. The fraction of sp³-hybridized carbons (Fsp3) is 1.00. The van der Waals surface area contributed by atoms with Crippen LogP contribution < -0.4 is 0 Å². The highest BCUT2D eigenvalue weighted by atomic mass is 17.2. The van der Waals surface area contributed by atoms with Crippen LogP contribution in [0.1, 0.15) is 26.7 Å². The van der Waals surface area contributed by atoms with Crippen LogP contribution in [0, 0.1) is 0 Å². The van der Waals surface area contributed by atoms with Crippen molar-refractivity contribution in [2.75, 3.05) is 13.2 Å². The van der Waals surface area contributed by atoms with Gasteiger partial charge < -0.3 is 19.7 Å². The first-order valence-electron chi connectivity index (χ1n) is 6.51. The van der Waals surface area contributed by atoms with Gasteiger partial charge in [0, 0.05) is 13.2 Å². The van der Waals surface area contributed by atoms with E-state index in [4.69, 9.17) is 19.2 Å². The first kappa shape index (κ1) is 14.2. The molecule has 106 valence electrons. The third kappa shape index (κ3) is 3.20. The Kier molecular flexibility index (Phi) is 4.94. The Hall–Kier alpha value is -0.240. The fourth-order valence-corrected chi connectivity index (χ4v) is 2.31. The Balaban J connectivity index is 1.85. The maximum atomic E-state index is 9.82. The summed E-state index contributed by atoms with van der Waals surface area (Å²) in [4.78, 5) is 10.5. The minimum Gasteiger partial charge on any atom is -0.390 e. The quantitative estimate of drug-likeness (QED) is 0.551. The summed E-state index contributed by atoms with van der Waals surface area (Å²) in [6.45, 7) is 4.70. The van der Waals surface area contributed by atoms with Crippen molar-refractivity contribution in [3.8, 4) is 0 Å². The molecule has 2 rings (SSSR count). The van der Waals surface area contributed by atoms with Crippen LogP contribution in [-0.2, 0) is 19.2 Å². The summed E-state index contributed by atoms with van der Waals surface area (Å²) in [5.41, 5.74) is 0. The molecule has 0 aromatic heterocycles. The fourth-order valence-electron chi connectivity index (χ4n) is 2.31. The van der Waals surface area contributed by atoms with Gasteiger partial charge >= 0.3 is 0 Å². The van der Waals surface area contributed by atoms with Crippen LogP contribution in [0.25, 0.3) is 0 Å². The maximum absolute atomic E-state index is 9.82. The highest BCUT2D eigenvalue weighted by molar-refractivity contribution is 4.81. The van der Waals surface area contributed by atoms with Gasteiger partial charge in [-0.15, -0.1) is 0 Å². The van der Waals surface area contributed by atoms with Gasteiger partial charge in [-0.1, -0.05) is 0 Å². The number of ether oxygens (including phenoxy) is 2. The standard InChI is InChI=1S/C12H22O6/c1-7-11(9(13)3-5-15-7)17-18-12-8(2)16-6-4-10(12)14/h7-14H,3-6H2,1-2H3/t7?,8?,9-,10-,11?,12?/m1/s1. The third-order valence-corrected chi connectivity index (χ3v) is 3.55. The minimum absolute atomic E-state index is 0.231. The molecule has 0 radical (unpaired) electrons. The summed E-state index contributed by atoms with van der Waals surface area (Å²) in [6, 6.07) is 0. The summed E-state index contributed by atoms with van der Waals surface area (Å²) < 4.78 is 10.8. The van der Waals surface area contributed by atoms with Gasteiger partial charge in [-0.05, 0) is 26.7 Å². The Bertz CT molecular complexity index is 215. The molecule has 4 unspecified atom stereocenters. The number of aliphatic hydroxyl groups is 2. The molecular formula is C12H22O6. The molecule has 0 spiro atoms. The molecule has 2 saturated heterocycles. The number of hydrogen-bond acceptors (Lipinski definition) is 6. The van der Waals surface area contributed by atoms with E-state index < -0.39 is 24.4 Å². The second-order valence-corrected chi connectivity index (χ2v) is 4.99. The molecule has 2 heterocycles. The first-order chi connectivity index (χ1) is 8.59. The summed E-state index contributed by atoms with van der Waals surface area (Å²) >= 11 is 0.